The van der Waals surface area contributed by atoms with Gasteiger partial charge in [-0.3, -0.25) is 4.79 Å². The van der Waals surface area contributed by atoms with Gasteiger partial charge in [-0.15, -0.1) is 0 Å². The molecule has 1 amide bonds. The van der Waals surface area contributed by atoms with Gasteiger partial charge in [0, 0.05) is 31.0 Å². The van der Waals surface area contributed by atoms with Crippen molar-refractivity contribution in [1.29, 1.82) is 0 Å². The van der Waals surface area contributed by atoms with Gasteiger partial charge in [0.25, 0.3) is 15.7 Å². The molecule has 1 aromatic carbocycles. The molecule has 1 aliphatic heterocycles. The number of carbonyl (C=O) groups excluding carboxylic acids is 1. The van der Waals surface area contributed by atoms with E-state index in [1.54, 1.807) is 7.11 Å². The lowest BCUT2D eigenvalue weighted by atomic mass is 10.0. The van der Waals surface area contributed by atoms with Crippen LogP contribution in [0.25, 0.3) is 0 Å². The first-order valence-electron chi connectivity index (χ1n) is 9.09. The number of alkyl halides is 3. The van der Waals surface area contributed by atoms with Crippen LogP contribution in [-0.4, -0.2) is 51.1 Å². The SMILES string of the molecule is COc1ccc(N2CCC(NC(=O)c3cccnc3S(=O)(=O)C(F)(F)F)CC2)cc1. The van der Waals surface area contributed by atoms with Crippen molar-refractivity contribution in [3.05, 3.63) is 48.2 Å². The highest BCUT2D eigenvalue weighted by atomic mass is 32.2. The van der Waals surface area contributed by atoms with Crippen LogP contribution >= 0.6 is 0 Å². The highest BCUT2D eigenvalue weighted by molar-refractivity contribution is 7.92. The second-order valence-electron chi connectivity index (χ2n) is 6.74. The van der Waals surface area contributed by atoms with Gasteiger partial charge < -0.3 is 15.0 Å². The molecule has 0 bridgehead atoms. The van der Waals surface area contributed by atoms with E-state index in [9.17, 15) is 26.4 Å². The van der Waals surface area contributed by atoms with Gasteiger partial charge >= 0.3 is 5.51 Å². The minimum atomic E-state index is -5.73. The third kappa shape index (κ3) is 4.50. The maximum Gasteiger partial charge on any atom is 0.503 e. The van der Waals surface area contributed by atoms with E-state index in [1.165, 1.54) is 6.07 Å². The van der Waals surface area contributed by atoms with Crippen molar-refractivity contribution >= 4 is 21.4 Å². The number of hydrogen-bond acceptors (Lipinski definition) is 6. The quantitative estimate of drug-likeness (QED) is 0.765. The number of benzene rings is 1. The van der Waals surface area contributed by atoms with Crippen LogP contribution in [0.5, 0.6) is 5.75 Å². The first kappa shape index (κ1) is 21.9. The van der Waals surface area contributed by atoms with Crippen LogP contribution in [0.4, 0.5) is 18.9 Å². The number of piperidine rings is 1. The summed E-state index contributed by atoms with van der Waals surface area (Å²) in [5.41, 5.74) is -5.17. The van der Waals surface area contributed by atoms with E-state index >= 15 is 0 Å². The lowest BCUT2D eigenvalue weighted by Crippen LogP contribution is -2.45. The molecule has 30 heavy (non-hydrogen) atoms. The average Bonchev–Trinajstić information content (AvgIpc) is 2.73. The van der Waals surface area contributed by atoms with Gasteiger partial charge in [0.15, 0.2) is 5.03 Å². The van der Waals surface area contributed by atoms with Crippen LogP contribution in [0.1, 0.15) is 23.2 Å². The predicted molar refractivity (Wildman–Crippen MR) is 103 cm³/mol. The number of sulfone groups is 1. The zero-order chi connectivity index (χ0) is 21.9. The largest absolute Gasteiger partial charge is 0.503 e. The summed E-state index contributed by atoms with van der Waals surface area (Å²) in [6, 6.07) is 9.46. The molecule has 2 heterocycles. The molecule has 0 spiro atoms. The standard InChI is InChI=1S/C19H20F3N3O4S/c1-29-15-6-4-14(5-7-15)25-11-8-13(9-12-25)24-17(26)16-3-2-10-23-18(16)30(27,28)19(20,21)22/h2-7,10,13H,8-9,11-12H2,1H3,(H,24,26). The molecule has 1 saturated heterocycles. The normalized spacial score (nSPS) is 15.7. The Morgan fingerprint density at radius 1 is 1.17 bits per heavy atom. The molecule has 0 atom stereocenters. The summed E-state index contributed by atoms with van der Waals surface area (Å²) < 4.78 is 67.3. The van der Waals surface area contributed by atoms with Gasteiger partial charge in [0.05, 0.1) is 12.7 Å². The highest BCUT2D eigenvalue weighted by Gasteiger charge is 2.49. The number of anilines is 1. The fourth-order valence-corrected chi connectivity index (χ4v) is 4.09. The monoisotopic (exact) mass is 443 g/mol. The van der Waals surface area contributed by atoms with E-state index in [0.717, 1.165) is 23.7 Å². The van der Waals surface area contributed by atoms with Crippen LogP contribution in [0.3, 0.4) is 0 Å². The topological polar surface area (TPSA) is 88.6 Å². The van der Waals surface area contributed by atoms with Crippen LogP contribution in [0.2, 0.25) is 0 Å². The van der Waals surface area contributed by atoms with E-state index < -0.39 is 31.8 Å². The van der Waals surface area contributed by atoms with E-state index in [0.29, 0.717) is 25.9 Å². The fraction of sp³-hybridized carbons (Fsp3) is 0.368. The first-order chi connectivity index (χ1) is 14.1. The van der Waals surface area contributed by atoms with Gasteiger partial charge in [-0.1, -0.05) is 0 Å². The van der Waals surface area contributed by atoms with E-state index in [1.807, 2.05) is 24.3 Å². The number of methoxy groups -OCH3 is 1. The molecule has 0 aliphatic carbocycles. The number of nitrogens with one attached hydrogen (secondary N) is 1. The van der Waals surface area contributed by atoms with Gasteiger partial charge in [0.1, 0.15) is 5.75 Å². The lowest BCUT2D eigenvalue weighted by molar-refractivity contribution is -0.0438. The Balaban J connectivity index is 1.67. The first-order valence-corrected chi connectivity index (χ1v) is 10.6. The Hall–Kier alpha value is -2.82. The van der Waals surface area contributed by atoms with Crippen molar-refractivity contribution in [2.45, 2.75) is 29.4 Å². The van der Waals surface area contributed by atoms with Gasteiger partial charge in [-0.2, -0.15) is 13.2 Å². The number of rotatable bonds is 5. The van der Waals surface area contributed by atoms with E-state index in [2.05, 4.69) is 15.2 Å². The van der Waals surface area contributed by atoms with Gasteiger partial charge in [-0.05, 0) is 49.2 Å². The second-order valence-corrected chi connectivity index (χ2v) is 8.59. The Labute approximate surface area is 171 Å². The molecule has 162 valence electrons. The third-order valence-corrected chi connectivity index (χ3v) is 6.29. The number of aromatic nitrogens is 1. The molecule has 11 heteroatoms. The zero-order valence-corrected chi connectivity index (χ0v) is 16.8. The fourth-order valence-electron chi connectivity index (χ4n) is 3.23. The van der Waals surface area contributed by atoms with E-state index in [4.69, 9.17) is 4.74 Å². The molecule has 0 unspecified atom stereocenters. The molecule has 1 aliphatic rings. The molecular formula is C19H20F3N3O4S. The number of halogens is 3. The number of pyridine rings is 1. The maximum absolute atomic E-state index is 12.9. The summed E-state index contributed by atoms with van der Waals surface area (Å²) in [5, 5.41) is 1.35. The average molecular weight is 443 g/mol. The number of ether oxygens (including phenoxy) is 1. The molecular weight excluding hydrogens is 423 g/mol. The Morgan fingerprint density at radius 2 is 1.80 bits per heavy atom. The van der Waals surface area contributed by atoms with Crippen LogP contribution in [0, 0.1) is 0 Å². The van der Waals surface area contributed by atoms with Crippen molar-refractivity contribution in [2.24, 2.45) is 0 Å². The minimum absolute atomic E-state index is 0.298. The van der Waals surface area contributed by atoms with Crippen molar-refractivity contribution < 1.29 is 31.1 Å². The van der Waals surface area contributed by atoms with Crippen LogP contribution in [-0.2, 0) is 9.84 Å². The van der Waals surface area contributed by atoms with Crippen molar-refractivity contribution in [2.75, 3.05) is 25.1 Å². The van der Waals surface area contributed by atoms with Crippen LogP contribution in [0.15, 0.2) is 47.6 Å². The molecule has 0 saturated carbocycles. The minimum Gasteiger partial charge on any atom is -0.497 e. The summed E-state index contributed by atoms with van der Waals surface area (Å²) in [6.45, 7) is 1.25. The Bertz CT molecular complexity index is 1000. The zero-order valence-electron chi connectivity index (χ0n) is 16.0. The Morgan fingerprint density at radius 3 is 2.37 bits per heavy atom. The highest BCUT2D eigenvalue weighted by Crippen LogP contribution is 2.31. The summed E-state index contributed by atoms with van der Waals surface area (Å²) in [7, 11) is -4.15. The molecule has 3 rings (SSSR count). The maximum atomic E-state index is 12.9. The Kier molecular flexibility index (Phi) is 6.20. The van der Waals surface area contributed by atoms with Crippen molar-refractivity contribution in [3.8, 4) is 5.75 Å². The summed E-state index contributed by atoms with van der Waals surface area (Å²) in [6.07, 6.45) is 2.02. The second kappa shape index (κ2) is 8.50. The molecule has 2 aromatic rings. The summed E-state index contributed by atoms with van der Waals surface area (Å²) >= 11 is 0. The van der Waals surface area contributed by atoms with Gasteiger partial charge in [0.2, 0.25) is 0 Å². The number of nitrogens with zero attached hydrogens (tertiary/aromatic N) is 2. The summed E-state index contributed by atoms with van der Waals surface area (Å²) in [4.78, 5) is 17.9. The number of hydrogen-bond donors (Lipinski definition) is 1. The molecule has 1 N–H and O–H groups in total. The molecule has 1 fully saturated rings. The smallest absolute Gasteiger partial charge is 0.497 e. The van der Waals surface area contributed by atoms with Crippen molar-refractivity contribution in [3.63, 3.8) is 0 Å². The predicted octanol–water partition coefficient (Wildman–Crippen LogP) is 2.78. The number of amides is 1. The van der Waals surface area contributed by atoms with Gasteiger partial charge in [-0.25, -0.2) is 13.4 Å². The van der Waals surface area contributed by atoms with E-state index in [-0.39, 0.29) is 6.04 Å². The molecule has 1 aromatic heterocycles. The molecule has 0 radical (unpaired) electrons. The third-order valence-electron chi connectivity index (χ3n) is 4.84. The summed E-state index contributed by atoms with van der Waals surface area (Å²) in [5.74, 6) is -0.157. The molecule has 7 nitrogen and oxygen atoms in total. The number of carbonyl (C=O) groups is 1. The lowest BCUT2D eigenvalue weighted by Gasteiger charge is -2.34. The van der Waals surface area contributed by atoms with Crippen molar-refractivity contribution in [1.82, 2.24) is 10.3 Å². The van der Waals surface area contributed by atoms with Crippen LogP contribution < -0.4 is 15.0 Å².